The van der Waals surface area contributed by atoms with Crippen LogP contribution in [0.5, 0.6) is 0 Å². The standard InChI is InChI=1S/C11H13F.Al/c1-4-9-7-10(12)6-8(3)11(9)5-2;/h5-7H,1,4H2,2-3H3;. The molecule has 1 radical (unpaired) electrons. The molecule has 0 aromatic heterocycles. The summed E-state index contributed by atoms with van der Waals surface area (Å²) in [5.74, 6) is -0.0691. The van der Waals surface area contributed by atoms with Crippen LogP contribution in [0.2, 0.25) is 5.28 Å². The smallest absolute Gasteiger partial charge is 0.207 e. The second-order valence-electron chi connectivity index (χ2n) is 3.86. The van der Waals surface area contributed by atoms with E-state index >= 15 is 0 Å². The van der Waals surface area contributed by atoms with E-state index in [-0.39, 0.29) is 5.82 Å². The van der Waals surface area contributed by atoms with Gasteiger partial charge < -0.3 is 0 Å². The first-order chi connectivity index (χ1) is 6.18. The van der Waals surface area contributed by atoms with Crippen LogP contribution in [0.3, 0.4) is 0 Å². The highest BCUT2D eigenvalue weighted by Crippen LogP contribution is 2.30. The summed E-state index contributed by atoms with van der Waals surface area (Å²) < 4.78 is 13.8. The molecule has 67 valence electrons. The van der Waals surface area contributed by atoms with Gasteiger partial charge in [-0.3, -0.25) is 0 Å². The van der Waals surface area contributed by atoms with Crippen molar-refractivity contribution in [2.75, 3.05) is 0 Å². The Morgan fingerprint density at radius 2 is 2.23 bits per heavy atom. The molecule has 0 fully saturated rings. The van der Waals surface area contributed by atoms with Crippen LogP contribution in [0.1, 0.15) is 28.4 Å². The SMILES string of the molecule is Cc1cc(F)cc2c1[CH](C)[Al][CH2]C2. The molecule has 1 unspecified atom stereocenters. The van der Waals surface area contributed by atoms with Gasteiger partial charge >= 0.3 is 0 Å². The Kier molecular flexibility index (Phi) is 2.45. The average Bonchev–Trinajstić information content (AvgIpc) is 2.02. The quantitative estimate of drug-likeness (QED) is 0.553. The van der Waals surface area contributed by atoms with Gasteiger partial charge in [-0.05, 0) is 36.6 Å². The van der Waals surface area contributed by atoms with Crippen molar-refractivity contribution in [2.45, 2.75) is 30.3 Å². The fourth-order valence-electron chi connectivity index (χ4n) is 2.29. The molecule has 0 bridgehead atoms. The van der Waals surface area contributed by atoms with Crippen LogP contribution < -0.4 is 0 Å². The molecule has 0 saturated carbocycles. The minimum atomic E-state index is -0.0691. The highest BCUT2D eigenvalue weighted by molar-refractivity contribution is 6.38. The molecule has 0 spiro atoms. The van der Waals surface area contributed by atoms with Crippen molar-refractivity contribution >= 4 is 15.2 Å². The maximum atomic E-state index is 13.1. The zero-order chi connectivity index (χ0) is 9.42. The zero-order valence-corrected chi connectivity index (χ0v) is 9.26. The summed E-state index contributed by atoms with van der Waals surface area (Å²) in [5.41, 5.74) is 3.83. The summed E-state index contributed by atoms with van der Waals surface area (Å²) in [4.78, 5) is 0. The lowest BCUT2D eigenvalue weighted by Crippen LogP contribution is -2.15. The number of rotatable bonds is 0. The fourth-order valence-corrected chi connectivity index (χ4v) is 3.98. The maximum Gasteiger partial charge on any atom is 0.212 e. The van der Waals surface area contributed by atoms with E-state index < -0.39 is 0 Å². The van der Waals surface area contributed by atoms with E-state index in [0.717, 1.165) is 12.0 Å². The lowest BCUT2D eigenvalue weighted by atomic mass is 9.97. The molecule has 1 aliphatic heterocycles. The predicted molar refractivity (Wildman–Crippen MR) is 53.8 cm³/mol. The van der Waals surface area contributed by atoms with Crippen molar-refractivity contribution in [2.24, 2.45) is 0 Å². The molecule has 0 aliphatic carbocycles. The Labute approximate surface area is 84.9 Å². The summed E-state index contributed by atoms with van der Waals surface area (Å²) >= 11 is 0.541. The second-order valence-corrected chi connectivity index (χ2v) is 5.91. The van der Waals surface area contributed by atoms with Crippen molar-refractivity contribution in [3.05, 3.63) is 34.6 Å². The molecule has 0 amide bonds. The van der Waals surface area contributed by atoms with Crippen molar-refractivity contribution in [3.63, 3.8) is 0 Å². The van der Waals surface area contributed by atoms with Crippen LogP contribution in [-0.4, -0.2) is 15.2 Å². The fraction of sp³-hybridized carbons (Fsp3) is 0.455. The lowest BCUT2D eigenvalue weighted by Gasteiger charge is -2.23. The first-order valence-electron chi connectivity index (χ1n) is 4.80. The predicted octanol–water partition coefficient (Wildman–Crippen LogP) is 2.87. The molecular weight excluding hydrogens is 178 g/mol. The highest BCUT2D eigenvalue weighted by Gasteiger charge is 2.19. The maximum absolute atomic E-state index is 13.1. The van der Waals surface area contributed by atoms with Gasteiger partial charge in [0.25, 0.3) is 0 Å². The van der Waals surface area contributed by atoms with E-state index in [4.69, 9.17) is 0 Å². The molecule has 1 aromatic rings. The molecule has 0 saturated heterocycles. The van der Waals surface area contributed by atoms with Gasteiger partial charge in [-0.2, -0.15) is 0 Å². The van der Waals surface area contributed by atoms with Crippen LogP contribution >= 0.6 is 0 Å². The number of fused-ring (bicyclic) bond motifs is 1. The average molecular weight is 191 g/mol. The highest BCUT2D eigenvalue weighted by atomic mass is 27.1. The van der Waals surface area contributed by atoms with Gasteiger partial charge in [0, 0.05) is 0 Å². The van der Waals surface area contributed by atoms with Crippen molar-refractivity contribution in [3.8, 4) is 0 Å². The molecule has 0 N–H and O–H groups in total. The summed E-state index contributed by atoms with van der Waals surface area (Å²) in [6, 6.07) is 3.39. The molecule has 13 heavy (non-hydrogen) atoms. The first kappa shape index (κ1) is 9.25. The topological polar surface area (TPSA) is 0 Å². The summed E-state index contributed by atoms with van der Waals surface area (Å²) in [5, 5.41) is 1.29. The Morgan fingerprint density at radius 1 is 1.46 bits per heavy atom. The summed E-state index contributed by atoms with van der Waals surface area (Å²) in [6.07, 6.45) is 1.09. The Bertz CT molecular complexity index is 333. The number of aryl methyl sites for hydroxylation is 2. The van der Waals surface area contributed by atoms with Gasteiger partial charge in [0.15, 0.2) is 0 Å². The molecule has 1 heterocycles. The van der Waals surface area contributed by atoms with E-state index in [1.165, 1.54) is 16.4 Å². The normalized spacial score (nSPS) is 20.7. The summed E-state index contributed by atoms with van der Waals surface area (Å²) in [7, 11) is 0. The molecule has 0 nitrogen and oxygen atoms in total. The van der Waals surface area contributed by atoms with Crippen molar-refractivity contribution < 1.29 is 4.39 Å². The summed E-state index contributed by atoms with van der Waals surface area (Å²) in [6.45, 7) is 4.31. The van der Waals surface area contributed by atoms with Crippen LogP contribution in [0.15, 0.2) is 12.1 Å². The largest absolute Gasteiger partial charge is 0.212 e. The first-order valence-corrected chi connectivity index (χ1v) is 6.29. The number of halogens is 1. The Balaban J connectivity index is 2.56. The lowest BCUT2D eigenvalue weighted by molar-refractivity contribution is 0.622. The molecule has 1 aromatic carbocycles. The molecular formula is C11H13AlF. The van der Waals surface area contributed by atoms with E-state index in [0.29, 0.717) is 20.0 Å². The number of hydrogen-bond donors (Lipinski definition) is 0. The zero-order valence-electron chi connectivity index (χ0n) is 8.10. The van der Waals surface area contributed by atoms with E-state index in [2.05, 4.69) is 6.92 Å². The van der Waals surface area contributed by atoms with Gasteiger partial charge in [-0.1, -0.05) is 22.5 Å². The van der Waals surface area contributed by atoms with Crippen LogP contribution in [0, 0.1) is 12.7 Å². The third-order valence-corrected chi connectivity index (χ3v) is 4.49. The van der Waals surface area contributed by atoms with Crippen LogP contribution in [0.25, 0.3) is 0 Å². The van der Waals surface area contributed by atoms with Gasteiger partial charge in [-0.25, -0.2) is 4.39 Å². The van der Waals surface area contributed by atoms with E-state index in [9.17, 15) is 4.39 Å². The van der Waals surface area contributed by atoms with Crippen molar-refractivity contribution in [1.82, 2.24) is 0 Å². The van der Waals surface area contributed by atoms with E-state index in [1.54, 1.807) is 12.1 Å². The van der Waals surface area contributed by atoms with Crippen LogP contribution in [-0.2, 0) is 6.42 Å². The molecule has 1 atom stereocenters. The third kappa shape index (κ3) is 1.66. The van der Waals surface area contributed by atoms with E-state index in [1.807, 2.05) is 6.92 Å². The third-order valence-electron chi connectivity index (χ3n) is 2.83. The minimum absolute atomic E-state index is 0.0691. The second kappa shape index (κ2) is 3.44. The van der Waals surface area contributed by atoms with Gasteiger partial charge in [0.1, 0.15) is 5.82 Å². The van der Waals surface area contributed by atoms with Gasteiger partial charge in [-0.15, -0.1) is 0 Å². The van der Waals surface area contributed by atoms with Crippen molar-refractivity contribution in [1.29, 1.82) is 0 Å². The molecule has 2 heteroatoms. The minimum Gasteiger partial charge on any atom is -0.207 e. The molecule has 1 aliphatic rings. The number of benzene rings is 1. The van der Waals surface area contributed by atoms with Gasteiger partial charge in [0.05, 0.1) is 0 Å². The van der Waals surface area contributed by atoms with Gasteiger partial charge in [0.2, 0.25) is 15.2 Å². The molecule has 2 rings (SSSR count). The number of hydrogen-bond acceptors (Lipinski definition) is 0. The Morgan fingerprint density at radius 3 is 3.00 bits per heavy atom. The Hall–Kier alpha value is -0.318. The van der Waals surface area contributed by atoms with Crippen LogP contribution in [0.4, 0.5) is 4.39 Å². The monoisotopic (exact) mass is 191 g/mol.